The molecule has 2 aromatic carbocycles. The van der Waals surface area contributed by atoms with Crippen LogP contribution in [0.1, 0.15) is 54.5 Å². The summed E-state index contributed by atoms with van der Waals surface area (Å²) in [7, 11) is 0. The van der Waals surface area contributed by atoms with Gasteiger partial charge in [-0.25, -0.2) is 9.59 Å². The number of pyridine rings is 1. The van der Waals surface area contributed by atoms with E-state index in [1.165, 1.54) is 18.3 Å². The van der Waals surface area contributed by atoms with E-state index in [1.807, 2.05) is 0 Å². The van der Waals surface area contributed by atoms with Crippen molar-refractivity contribution < 1.29 is 36.7 Å². The van der Waals surface area contributed by atoms with E-state index in [0.29, 0.717) is 34.7 Å². The normalized spacial score (nSPS) is 15.3. The Morgan fingerprint density at radius 1 is 0.975 bits per heavy atom. The molecule has 3 aromatic rings. The molecule has 1 aromatic heterocycles. The van der Waals surface area contributed by atoms with Crippen molar-refractivity contribution in [2.75, 3.05) is 0 Å². The van der Waals surface area contributed by atoms with Crippen molar-refractivity contribution in [3.05, 3.63) is 94.8 Å². The van der Waals surface area contributed by atoms with Gasteiger partial charge < -0.3 is 14.9 Å². The quantitative estimate of drug-likeness (QED) is 0.215. The van der Waals surface area contributed by atoms with Crippen LogP contribution in [0.15, 0.2) is 72.9 Å². The zero-order valence-electron chi connectivity index (χ0n) is 21.0. The second kappa shape index (κ2) is 13.0. The van der Waals surface area contributed by atoms with Gasteiger partial charge in [0.05, 0.1) is 28.6 Å². The van der Waals surface area contributed by atoms with Gasteiger partial charge in [-0.2, -0.15) is 23.0 Å². The van der Waals surface area contributed by atoms with Crippen molar-refractivity contribution in [2.45, 2.75) is 50.2 Å². The summed E-state index contributed by atoms with van der Waals surface area (Å²) < 4.78 is 57.3. The predicted octanol–water partition coefficient (Wildman–Crippen LogP) is 6.79. The number of urea groups is 1. The summed E-state index contributed by atoms with van der Waals surface area (Å²) in [5, 5.41) is 3.10. The van der Waals surface area contributed by atoms with E-state index < -0.39 is 42.2 Å². The lowest BCUT2D eigenvalue weighted by Gasteiger charge is -2.29. The van der Waals surface area contributed by atoms with Crippen LogP contribution in [0.25, 0.3) is 0 Å². The Bertz CT molecular complexity index is 1290. The van der Waals surface area contributed by atoms with Gasteiger partial charge in [-0.1, -0.05) is 66.9 Å². The molecule has 212 valence electrons. The van der Waals surface area contributed by atoms with Gasteiger partial charge in [0.15, 0.2) is 0 Å². The van der Waals surface area contributed by atoms with E-state index in [-0.39, 0.29) is 5.92 Å². The van der Waals surface area contributed by atoms with E-state index >= 15 is 0 Å². The number of carbonyl (C=O) groups excluding carboxylic acids is 2. The lowest BCUT2D eigenvalue weighted by atomic mass is 9.84. The Labute approximate surface area is 232 Å². The molecule has 2 N–H and O–H groups in total. The fourth-order valence-corrected chi connectivity index (χ4v) is 4.72. The molecule has 1 aliphatic carbocycles. The molecule has 0 bridgehead atoms. The molecule has 0 saturated heterocycles. The van der Waals surface area contributed by atoms with Crippen molar-refractivity contribution in [3.8, 4) is 5.75 Å². The summed E-state index contributed by atoms with van der Waals surface area (Å²) in [6.45, 7) is 0. The maximum Gasteiger partial charge on any atom is 0.461 e. The first-order chi connectivity index (χ1) is 19.1. The maximum atomic E-state index is 13.7. The number of rotatable bonds is 9. The van der Waals surface area contributed by atoms with Gasteiger partial charge in [-0.05, 0) is 48.2 Å². The highest BCUT2D eigenvalue weighted by Gasteiger charge is 2.44. The van der Waals surface area contributed by atoms with Crippen molar-refractivity contribution in [2.24, 2.45) is 5.92 Å². The monoisotopic (exact) mass is 579 g/mol. The molecule has 1 heterocycles. The number of ether oxygens (including phenoxy) is 1. The maximum absolute atomic E-state index is 13.7. The zero-order valence-corrected chi connectivity index (χ0v) is 21.8. The van der Waals surface area contributed by atoms with Crippen LogP contribution in [0.3, 0.4) is 0 Å². The highest BCUT2D eigenvalue weighted by atomic mass is 35.5. The minimum absolute atomic E-state index is 0.287. The number of hydrogen-bond acceptors (Lipinski definition) is 5. The Kier molecular flexibility index (Phi) is 9.46. The van der Waals surface area contributed by atoms with Crippen LogP contribution in [0.4, 0.5) is 22.4 Å². The third kappa shape index (κ3) is 7.41. The van der Waals surface area contributed by atoms with Crippen molar-refractivity contribution >= 4 is 23.6 Å². The number of halogens is 5. The molecule has 4 rings (SSSR count). The number of nitrogens with zero attached hydrogens (tertiary/aromatic N) is 1. The summed E-state index contributed by atoms with van der Waals surface area (Å²) in [6, 6.07) is 15.3. The van der Waals surface area contributed by atoms with Crippen LogP contribution in [-0.2, 0) is 9.63 Å². The molecule has 0 radical (unpaired) electrons. The minimum atomic E-state index is -4.72. The van der Waals surface area contributed by atoms with E-state index in [9.17, 15) is 27.2 Å². The van der Waals surface area contributed by atoms with Gasteiger partial charge in [-0.15, -0.1) is 0 Å². The number of carbonyl (C=O) groups is 2. The average Bonchev–Trinajstić information content (AvgIpc) is 3.48. The third-order valence-electron chi connectivity index (χ3n) is 6.51. The smallest absolute Gasteiger partial charge is 0.428 e. The Balaban J connectivity index is 1.68. The second-order valence-corrected chi connectivity index (χ2v) is 9.72. The number of aromatic nitrogens is 1. The van der Waals surface area contributed by atoms with Crippen LogP contribution >= 0.6 is 11.6 Å². The summed E-state index contributed by atoms with van der Waals surface area (Å²) >= 11 is 6.03. The molecule has 1 unspecified atom stereocenters. The number of hydroxylamine groups is 1. The summed E-state index contributed by atoms with van der Waals surface area (Å²) in [6.07, 6.45) is -4.20. The van der Waals surface area contributed by atoms with E-state index in [2.05, 4.69) is 20.5 Å². The Morgan fingerprint density at radius 3 is 2.33 bits per heavy atom. The molecular weight excluding hydrogens is 554 g/mol. The molecule has 0 aliphatic heterocycles. The highest BCUT2D eigenvalue weighted by Crippen LogP contribution is 2.38. The number of hydrogen-bond donors (Lipinski definition) is 2. The van der Waals surface area contributed by atoms with Gasteiger partial charge in [0, 0.05) is 6.20 Å². The molecule has 40 heavy (non-hydrogen) atoms. The fourth-order valence-electron chi connectivity index (χ4n) is 4.61. The van der Waals surface area contributed by atoms with E-state index in [1.54, 1.807) is 48.5 Å². The minimum Gasteiger partial charge on any atom is -0.428 e. The first-order valence-electron chi connectivity index (χ1n) is 12.5. The number of alkyl halides is 4. The summed E-state index contributed by atoms with van der Waals surface area (Å²) in [5.41, 5.74) is 3.41. The van der Waals surface area contributed by atoms with E-state index in [0.717, 1.165) is 18.9 Å². The third-order valence-corrected chi connectivity index (χ3v) is 6.73. The Morgan fingerprint density at radius 2 is 1.68 bits per heavy atom. The SMILES string of the molecule is O=C(NOC(=O)C1CCCC1)NC(c1ccccc1)[C@@H](c1cccc(OC(F)(F)C(F)F)c1)c1ccc(Cl)cn1. The number of benzene rings is 2. The van der Waals surface area contributed by atoms with Crippen molar-refractivity contribution in [1.82, 2.24) is 15.8 Å². The van der Waals surface area contributed by atoms with Crippen LogP contribution < -0.4 is 15.5 Å². The van der Waals surface area contributed by atoms with Crippen LogP contribution in [0, 0.1) is 5.92 Å². The first kappa shape index (κ1) is 29.1. The fraction of sp³-hybridized carbons (Fsp3) is 0.321. The van der Waals surface area contributed by atoms with Gasteiger partial charge in [0.2, 0.25) is 0 Å². The average molecular weight is 580 g/mol. The molecule has 2 amide bonds. The molecule has 2 atom stereocenters. The van der Waals surface area contributed by atoms with Crippen LogP contribution in [0.2, 0.25) is 5.02 Å². The lowest BCUT2D eigenvalue weighted by Crippen LogP contribution is -2.42. The predicted molar refractivity (Wildman–Crippen MR) is 138 cm³/mol. The van der Waals surface area contributed by atoms with Gasteiger partial charge in [0.25, 0.3) is 0 Å². The van der Waals surface area contributed by atoms with Gasteiger partial charge in [0.1, 0.15) is 5.75 Å². The van der Waals surface area contributed by atoms with Gasteiger partial charge in [-0.3, -0.25) is 4.98 Å². The molecule has 1 saturated carbocycles. The Hall–Kier alpha value is -3.86. The second-order valence-electron chi connectivity index (χ2n) is 9.28. The number of nitrogens with one attached hydrogen (secondary N) is 2. The molecule has 1 aliphatic rings. The highest BCUT2D eigenvalue weighted by molar-refractivity contribution is 6.30. The standard InChI is InChI=1S/C28H26ClF4N3O4/c29-20-13-14-22(34-16-20)23(19-11-6-12-21(15-19)39-28(32,33)26(30)31)24(17-7-2-1-3-8-17)35-27(38)36-40-25(37)18-9-4-5-10-18/h1-3,6-8,11-16,18,23-24,26H,4-5,9-10H2,(H2,35,36,38)/t23-,24?/m0/s1. The molecular formula is C28H26ClF4N3O4. The molecule has 12 heteroatoms. The van der Waals surface area contributed by atoms with Crippen molar-refractivity contribution in [1.29, 1.82) is 0 Å². The van der Waals surface area contributed by atoms with E-state index in [4.69, 9.17) is 16.4 Å². The summed E-state index contributed by atoms with van der Waals surface area (Å²) in [4.78, 5) is 34.6. The zero-order chi connectivity index (χ0) is 28.7. The van der Waals surface area contributed by atoms with Crippen molar-refractivity contribution in [3.63, 3.8) is 0 Å². The molecule has 0 spiro atoms. The molecule has 7 nitrogen and oxygen atoms in total. The van der Waals surface area contributed by atoms with Gasteiger partial charge >= 0.3 is 24.5 Å². The van der Waals surface area contributed by atoms with Crippen LogP contribution in [-0.4, -0.2) is 29.5 Å². The van der Waals surface area contributed by atoms with Crippen LogP contribution in [0.5, 0.6) is 5.75 Å². The summed E-state index contributed by atoms with van der Waals surface area (Å²) in [5.74, 6) is -2.18. The topological polar surface area (TPSA) is 89.5 Å². The molecule has 1 fully saturated rings. The first-order valence-corrected chi connectivity index (χ1v) is 12.9. The number of amides is 2. The largest absolute Gasteiger partial charge is 0.461 e. The lowest BCUT2D eigenvalue weighted by molar-refractivity contribution is -0.253.